The highest BCUT2D eigenvalue weighted by Crippen LogP contribution is 2.34. The van der Waals surface area contributed by atoms with Gasteiger partial charge in [0.2, 0.25) is 0 Å². The molecule has 0 fully saturated rings. The number of para-hydroxylation sites is 1. The molecule has 1 heterocycles. The number of carbonyl (C=O) groups excluding carboxylic acids is 1. The van der Waals surface area contributed by atoms with Gasteiger partial charge in [0.15, 0.2) is 0 Å². The maximum atomic E-state index is 12.9. The summed E-state index contributed by atoms with van der Waals surface area (Å²) in [5.41, 5.74) is -0.879. The van der Waals surface area contributed by atoms with Gasteiger partial charge in [-0.1, -0.05) is 12.1 Å². The van der Waals surface area contributed by atoms with Crippen molar-refractivity contribution >= 4 is 5.97 Å². The van der Waals surface area contributed by atoms with Crippen molar-refractivity contribution in [3.63, 3.8) is 0 Å². The van der Waals surface area contributed by atoms with E-state index in [1.165, 1.54) is 43.6 Å². The largest absolute Gasteiger partial charge is 0.464 e. The molecule has 2 aromatic rings. The number of hydrogen-bond acceptors (Lipinski definition) is 2. The highest BCUT2D eigenvalue weighted by atomic mass is 19.4. The maximum Gasteiger partial charge on any atom is 0.418 e. The molecule has 0 atom stereocenters. The molecule has 1 aromatic heterocycles. The van der Waals surface area contributed by atoms with Crippen molar-refractivity contribution < 1.29 is 22.7 Å². The summed E-state index contributed by atoms with van der Waals surface area (Å²) in [4.78, 5) is 11.5. The zero-order chi connectivity index (χ0) is 14.0. The molecule has 2 rings (SSSR count). The van der Waals surface area contributed by atoms with Crippen LogP contribution in [0.4, 0.5) is 13.2 Å². The molecule has 3 nitrogen and oxygen atoms in total. The average molecular weight is 269 g/mol. The lowest BCUT2D eigenvalue weighted by atomic mass is 10.1. The van der Waals surface area contributed by atoms with E-state index in [4.69, 9.17) is 0 Å². The van der Waals surface area contributed by atoms with Gasteiger partial charge in [-0.3, -0.25) is 0 Å². The van der Waals surface area contributed by atoms with Crippen LogP contribution >= 0.6 is 0 Å². The normalized spacial score (nSPS) is 11.4. The first kappa shape index (κ1) is 13.2. The number of aromatic nitrogens is 1. The third-order valence-electron chi connectivity index (χ3n) is 2.61. The number of methoxy groups -OCH3 is 1. The molecule has 0 N–H and O–H groups in total. The first-order valence-electron chi connectivity index (χ1n) is 5.37. The Labute approximate surface area is 107 Å². The molecule has 0 spiro atoms. The molecule has 0 amide bonds. The van der Waals surface area contributed by atoms with E-state index >= 15 is 0 Å². The number of ether oxygens (including phenoxy) is 1. The minimum atomic E-state index is -4.49. The second-order valence-corrected chi connectivity index (χ2v) is 3.77. The van der Waals surface area contributed by atoms with Crippen LogP contribution < -0.4 is 0 Å². The Hall–Kier alpha value is -2.24. The molecule has 0 bridgehead atoms. The van der Waals surface area contributed by atoms with Crippen LogP contribution in [-0.2, 0) is 10.9 Å². The zero-order valence-corrected chi connectivity index (χ0v) is 9.94. The van der Waals surface area contributed by atoms with Crippen LogP contribution in [0.25, 0.3) is 5.69 Å². The van der Waals surface area contributed by atoms with Crippen molar-refractivity contribution in [1.29, 1.82) is 0 Å². The van der Waals surface area contributed by atoms with Crippen LogP contribution in [0.5, 0.6) is 0 Å². The highest BCUT2D eigenvalue weighted by Gasteiger charge is 2.34. The Balaban J connectivity index is 2.61. The van der Waals surface area contributed by atoms with E-state index < -0.39 is 17.7 Å². The van der Waals surface area contributed by atoms with E-state index in [0.29, 0.717) is 0 Å². The predicted octanol–water partition coefficient (Wildman–Crippen LogP) is 3.28. The van der Waals surface area contributed by atoms with E-state index in [1.54, 1.807) is 0 Å². The summed E-state index contributed by atoms with van der Waals surface area (Å²) >= 11 is 0. The van der Waals surface area contributed by atoms with Crippen LogP contribution in [-0.4, -0.2) is 17.6 Å². The molecule has 0 radical (unpaired) electrons. The highest BCUT2D eigenvalue weighted by molar-refractivity contribution is 5.88. The van der Waals surface area contributed by atoms with Crippen molar-refractivity contribution in [3.8, 4) is 5.69 Å². The predicted molar refractivity (Wildman–Crippen MR) is 62.1 cm³/mol. The molecule has 0 saturated carbocycles. The van der Waals surface area contributed by atoms with Crippen molar-refractivity contribution in [2.45, 2.75) is 6.18 Å². The van der Waals surface area contributed by atoms with Gasteiger partial charge >= 0.3 is 12.1 Å². The summed E-state index contributed by atoms with van der Waals surface area (Å²) < 4.78 is 44.5. The lowest BCUT2D eigenvalue weighted by Crippen LogP contribution is -2.14. The SMILES string of the molecule is COC(=O)c1cccn1-c1ccccc1C(F)(F)F. The number of hydrogen-bond donors (Lipinski definition) is 0. The summed E-state index contributed by atoms with van der Waals surface area (Å²) in [5, 5.41) is 0. The number of alkyl halides is 3. The first-order chi connectivity index (χ1) is 8.95. The van der Waals surface area contributed by atoms with E-state index in [9.17, 15) is 18.0 Å². The molecule has 0 unspecified atom stereocenters. The lowest BCUT2D eigenvalue weighted by Gasteiger charge is -2.15. The van der Waals surface area contributed by atoms with E-state index in [1.807, 2.05) is 0 Å². The fraction of sp³-hybridized carbons (Fsp3) is 0.154. The van der Waals surface area contributed by atoms with Crippen molar-refractivity contribution in [2.75, 3.05) is 7.11 Å². The summed E-state index contributed by atoms with van der Waals surface area (Å²) in [6.45, 7) is 0. The summed E-state index contributed by atoms with van der Waals surface area (Å²) in [5.74, 6) is -0.693. The third-order valence-corrected chi connectivity index (χ3v) is 2.61. The van der Waals surface area contributed by atoms with Gasteiger partial charge in [-0.25, -0.2) is 4.79 Å². The third kappa shape index (κ3) is 2.47. The maximum absolute atomic E-state index is 12.9. The van der Waals surface area contributed by atoms with Crippen molar-refractivity contribution in [1.82, 2.24) is 4.57 Å². The van der Waals surface area contributed by atoms with Gasteiger partial charge < -0.3 is 9.30 Å². The summed E-state index contributed by atoms with van der Waals surface area (Å²) in [7, 11) is 1.18. The van der Waals surface area contributed by atoms with E-state index in [0.717, 1.165) is 10.6 Å². The number of carbonyl (C=O) groups is 1. The Morgan fingerprint density at radius 1 is 1.16 bits per heavy atom. The molecule has 0 aliphatic carbocycles. The Morgan fingerprint density at radius 2 is 1.84 bits per heavy atom. The van der Waals surface area contributed by atoms with Gasteiger partial charge in [0.25, 0.3) is 0 Å². The quantitative estimate of drug-likeness (QED) is 0.783. The fourth-order valence-corrected chi connectivity index (χ4v) is 1.79. The van der Waals surface area contributed by atoms with Crippen LogP contribution in [0, 0.1) is 0 Å². The number of halogens is 3. The van der Waals surface area contributed by atoms with Gasteiger partial charge in [0, 0.05) is 6.20 Å². The smallest absolute Gasteiger partial charge is 0.418 e. The first-order valence-corrected chi connectivity index (χ1v) is 5.37. The molecule has 0 saturated heterocycles. The molecular weight excluding hydrogens is 259 g/mol. The van der Waals surface area contributed by atoms with Crippen LogP contribution in [0.15, 0.2) is 42.6 Å². The number of rotatable bonds is 2. The van der Waals surface area contributed by atoms with E-state index in [2.05, 4.69) is 4.74 Å². The number of nitrogens with zero attached hydrogens (tertiary/aromatic N) is 1. The van der Waals surface area contributed by atoms with Gasteiger partial charge in [0.1, 0.15) is 5.69 Å². The molecule has 100 valence electrons. The topological polar surface area (TPSA) is 31.2 Å². The number of benzene rings is 1. The summed E-state index contributed by atoms with van der Waals surface area (Å²) in [6, 6.07) is 7.93. The molecule has 19 heavy (non-hydrogen) atoms. The van der Waals surface area contributed by atoms with Gasteiger partial charge in [0.05, 0.1) is 18.4 Å². The standard InChI is InChI=1S/C13H10F3NO2/c1-19-12(18)11-7-4-8-17(11)10-6-3-2-5-9(10)13(14,15)16/h2-8H,1H3. The zero-order valence-electron chi connectivity index (χ0n) is 9.94. The molecule has 6 heteroatoms. The Bertz CT molecular complexity index is 602. The van der Waals surface area contributed by atoms with Gasteiger partial charge in [-0.2, -0.15) is 13.2 Å². The monoisotopic (exact) mass is 269 g/mol. The molecular formula is C13H10F3NO2. The Morgan fingerprint density at radius 3 is 2.47 bits per heavy atom. The Kier molecular flexibility index (Phi) is 3.33. The van der Waals surface area contributed by atoms with Crippen molar-refractivity contribution in [2.24, 2.45) is 0 Å². The van der Waals surface area contributed by atoms with Crippen LogP contribution in [0.2, 0.25) is 0 Å². The van der Waals surface area contributed by atoms with Crippen molar-refractivity contribution in [3.05, 3.63) is 53.9 Å². The lowest BCUT2D eigenvalue weighted by molar-refractivity contribution is -0.137. The minimum absolute atomic E-state index is 0.0409. The minimum Gasteiger partial charge on any atom is -0.464 e. The molecule has 1 aromatic carbocycles. The second kappa shape index (κ2) is 4.79. The van der Waals surface area contributed by atoms with Gasteiger partial charge in [-0.05, 0) is 24.3 Å². The molecule has 0 aliphatic rings. The van der Waals surface area contributed by atoms with E-state index in [-0.39, 0.29) is 11.4 Å². The fourth-order valence-electron chi connectivity index (χ4n) is 1.79. The van der Waals surface area contributed by atoms with Crippen LogP contribution in [0.3, 0.4) is 0 Å². The second-order valence-electron chi connectivity index (χ2n) is 3.77. The summed E-state index contributed by atoms with van der Waals surface area (Å²) in [6.07, 6.45) is -3.11. The average Bonchev–Trinajstić information content (AvgIpc) is 2.86. The number of esters is 1. The molecule has 0 aliphatic heterocycles. The van der Waals surface area contributed by atoms with Crippen LogP contribution in [0.1, 0.15) is 16.1 Å². The van der Waals surface area contributed by atoms with Gasteiger partial charge in [-0.15, -0.1) is 0 Å².